The Balaban J connectivity index is 2.69. The summed E-state index contributed by atoms with van der Waals surface area (Å²) in [6.45, 7) is 4.49. The third-order valence-corrected chi connectivity index (χ3v) is 2.68. The molecule has 0 radical (unpaired) electrons. The van der Waals surface area contributed by atoms with Crippen molar-refractivity contribution < 1.29 is 14.3 Å². The largest absolute Gasteiger partial charge is 0.462 e. The second kappa shape index (κ2) is 9.19. The van der Waals surface area contributed by atoms with Crippen LogP contribution in [0.2, 0.25) is 0 Å². The van der Waals surface area contributed by atoms with Crippen molar-refractivity contribution in [2.24, 2.45) is 0 Å². The second-order valence-electron chi connectivity index (χ2n) is 4.37. The number of nitrogens with zero attached hydrogens (tertiary/aromatic N) is 1. The van der Waals surface area contributed by atoms with Gasteiger partial charge < -0.3 is 15.4 Å². The van der Waals surface area contributed by atoms with Gasteiger partial charge in [-0.2, -0.15) is 5.26 Å². The standard InChI is InChI=1S/C16H19N3O3/c1-3-9-18-15(20)12-5-7-14(8-6-12)19-11-13(10-17)16(21)22-4-2/h5-8,11,19H,3-4,9H2,1-2H3,(H,18,20)/b13-11+. The molecule has 0 bridgehead atoms. The van der Waals surface area contributed by atoms with Gasteiger partial charge >= 0.3 is 5.97 Å². The Labute approximate surface area is 129 Å². The van der Waals surface area contributed by atoms with E-state index in [-0.39, 0.29) is 18.1 Å². The highest BCUT2D eigenvalue weighted by atomic mass is 16.5. The van der Waals surface area contributed by atoms with Crippen molar-refractivity contribution in [1.29, 1.82) is 5.26 Å². The average molecular weight is 301 g/mol. The zero-order chi connectivity index (χ0) is 16.4. The molecule has 0 aliphatic rings. The summed E-state index contributed by atoms with van der Waals surface area (Å²) in [5.74, 6) is -0.804. The van der Waals surface area contributed by atoms with Crippen LogP contribution in [0, 0.1) is 11.3 Å². The van der Waals surface area contributed by atoms with Gasteiger partial charge in [0.2, 0.25) is 0 Å². The zero-order valence-corrected chi connectivity index (χ0v) is 12.7. The van der Waals surface area contributed by atoms with Gasteiger partial charge in [-0.15, -0.1) is 0 Å². The first-order chi connectivity index (χ1) is 10.6. The van der Waals surface area contributed by atoms with Crippen LogP contribution in [-0.2, 0) is 9.53 Å². The van der Waals surface area contributed by atoms with Gasteiger partial charge in [-0.1, -0.05) is 6.92 Å². The van der Waals surface area contributed by atoms with E-state index in [1.165, 1.54) is 6.20 Å². The Hall–Kier alpha value is -2.81. The molecule has 1 aromatic rings. The van der Waals surface area contributed by atoms with Crippen molar-refractivity contribution in [3.8, 4) is 6.07 Å². The number of ether oxygens (including phenoxy) is 1. The molecule has 22 heavy (non-hydrogen) atoms. The Morgan fingerprint density at radius 3 is 2.50 bits per heavy atom. The molecule has 0 heterocycles. The Bertz CT molecular complexity index is 586. The monoisotopic (exact) mass is 301 g/mol. The fourth-order valence-corrected chi connectivity index (χ4v) is 1.56. The summed E-state index contributed by atoms with van der Waals surface area (Å²) >= 11 is 0. The van der Waals surface area contributed by atoms with Gasteiger partial charge in [-0.05, 0) is 37.6 Å². The maximum atomic E-state index is 11.7. The third kappa shape index (κ3) is 5.29. The molecule has 1 amide bonds. The van der Waals surface area contributed by atoms with Crippen molar-refractivity contribution in [2.45, 2.75) is 20.3 Å². The smallest absolute Gasteiger partial charge is 0.350 e. The number of nitrogens with one attached hydrogen (secondary N) is 2. The summed E-state index contributed by atoms with van der Waals surface area (Å²) in [5, 5.41) is 14.5. The lowest BCUT2D eigenvalue weighted by Crippen LogP contribution is -2.23. The summed E-state index contributed by atoms with van der Waals surface area (Å²) in [4.78, 5) is 23.2. The molecule has 6 nitrogen and oxygen atoms in total. The first-order valence-corrected chi connectivity index (χ1v) is 7.04. The van der Waals surface area contributed by atoms with Crippen LogP contribution < -0.4 is 10.6 Å². The van der Waals surface area contributed by atoms with Crippen LogP contribution in [-0.4, -0.2) is 25.0 Å². The van der Waals surface area contributed by atoms with E-state index in [2.05, 4.69) is 10.6 Å². The number of hydrogen-bond donors (Lipinski definition) is 2. The van der Waals surface area contributed by atoms with E-state index in [1.807, 2.05) is 6.92 Å². The second-order valence-corrected chi connectivity index (χ2v) is 4.37. The number of amides is 1. The van der Waals surface area contributed by atoms with Gasteiger partial charge in [0.25, 0.3) is 5.91 Å². The van der Waals surface area contributed by atoms with Crippen LogP contribution >= 0.6 is 0 Å². The Morgan fingerprint density at radius 1 is 1.27 bits per heavy atom. The van der Waals surface area contributed by atoms with Crippen molar-refractivity contribution >= 4 is 17.6 Å². The highest BCUT2D eigenvalue weighted by Gasteiger charge is 2.09. The van der Waals surface area contributed by atoms with Crippen LogP contribution in [0.25, 0.3) is 0 Å². The van der Waals surface area contributed by atoms with Crippen molar-refractivity contribution in [3.63, 3.8) is 0 Å². The molecule has 0 fully saturated rings. The average Bonchev–Trinajstić information content (AvgIpc) is 2.54. The number of esters is 1. The van der Waals surface area contributed by atoms with Gasteiger partial charge in [0.05, 0.1) is 6.61 Å². The molecule has 0 unspecified atom stereocenters. The van der Waals surface area contributed by atoms with Gasteiger partial charge in [0, 0.05) is 24.0 Å². The first kappa shape index (κ1) is 17.2. The summed E-state index contributed by atoms with van der Waals surface area (Å²) in [6, 6.07) is 8.48. The maximum Gasteiger partial charge on any atom is 0.350 e. The molecule has 116 valence electrons. The number of carbonyl (C=O) groups is 2. The highest BCUT2D eigenvalue weighted by Crippen LogP contribution is 2.10. The van der Waals surface area contributed by atoms with Gasteiger partial charge in [0.15, 0.2) is 5.57 Å². The number of anilines is 1. The van der Waals surface area contributed by atoms with E-state index in [0.717, 1.165) is 6.42 Å². The summed E-state index contributed by atoms with van der Waals surface area (Å²) in [7, 11) is 0. The third-order valence-electron chi connectivity index (χ3n) is 2.68. The van der Waals surface area contributed by atoms with E-state index >= 15 is 0 Å². The fourth-order valence-electron chi connectivity index (χ4n) is 1.56. The number of carbonyl (C=O) groups excluding carboxylic acids is 2. The van der Waals surface area contributed by atoms with Gasteiger partial charge in [0.1, 0.15) is 6.07 Å². The van der Waals surface area contributed by atoms with Crippen LogP contribution in [0.5, 0.6) is 0 Å². The molecule has 0 saturated carbocycles. The number of hydrogen-bond acceptors (Lipinski definition) is 5. The van der Waals surface area contributed by atoms with Gasteiger partial charge in [-0.25, -0.2) is 4.79 Å². The van der Waals surface area contributed by atoms with Gasteiger partial charge in [-0.3, -0.25) is 4.79 Å². The fraction of sp³-hybridized carbons (Fsp3) is 0.312. The number of rotatable bonds is 7. The molecule has 1 rings (SSSR count). The van der Waals surface area contributed by atoms with Crippen molar-refractivity contribution in [3.05, 3.63) is 41.6 Å². The van der Waals surface area contributed by atoms with Crippen molar-refractivity contribution in [2.75, 3.05) is 18.5 Å². The molecule has 0 aliphatic carbocycles. The lowest BCUT2D eigenvalue weighted by Gasteiger charge is -2.05. The molecule has 6 heteroatoms. The zero-order valence-electron chi connectivity index (χ0n) is 12.7. The lowest BCUT2D eigenvalue weighted by atomic mass is 10.2. The molecular weight excluding hydrogens is 282 g/mol. The minimum absolute atomic E-state index is 0.119. The van der Waals surface area contributed by atoms with E-state index in [9.17, 15) is 9.59 Å². The number of benzene rings is 1. The molecule has 2 N–H and O–H groups in total. The van der Waals surface area contributed by atoms with E-state index in [1.54, 1.807) is 37.3 Å². The first-order valence-electron chi connectivity index (χ1n) is 7.04. The lowest BCUT2D eigenvalue weighted by molar-refractivity contribution is -0.138. The molecular formula is C16H19N3O3. The molecule has 0 aromatic heterocycles. The molecule has 0 atom stereocenters. The summed E-state index contributed by atoms with van der Waals surface area (Å²) < 4.78 is 4.75. The van der Waals surface area contributed by atoms with E-state index in [0.29, 0.717) is 17.8 Å². The number of nitriles is 1. The van der Waals surface area contributed by atoms with Crippen LogP contribution in [0.1, 0.15) is 30.6 Å². The highest BCUT2D eigenvalue weighted by molar-refractivity contribution is 5.95. The maximum absolute atomic E-state index is 11.7. The Kier molecular flexibility index (Phi) is 7.20. The molecule has 1 aromatic carbocycles. The topological polar surface area (TPSA) is 91.2 Å². The van der Waals surface area contributed by atoms with E-state index in [4.69, 9.17) is 10.00 Å². The van der Waals surface area contributed by atoms with Crippen LogP contribution in [0.3, 0.4) is 0 Å². The summed E-state index contributed by atoms with van der Waals surface area (Å²) in [6.07, 6.45) is 2.16. The van der Waals surface area contributed by atoms with E-state index < -0.39 is 5.97 Å². The molecule has 0 spiro atoms. The summed E-state index contributed by atoms with van der Waals surface area (Å²) in [5.41, 5.74) is 1.09. The molecule has 0 aliphatic heterocycles. The predicted octanol–water partition coefficient (Wildman–Crippen LogP) is 2.21. The van der Waals surface area contributed by atoms with Crippen molar-refractivity contribution in [1.82, 2.24) is 5.32 Å². The SMILES string of the molecule is CCCNC(=O)c1ccc(N/C=C(\C#N)C(=O)OCC)cc1. The Morgan fingerprint density at radius 2 is 1.95 bits per heavy atom. The van der Waals surface area contributed by atoms with Crippen LogP contribution in [0.15, 0.2) is 36.0 Å². The normalized spacial score (nSPS) is 10.5. The van der Waals surface area contributed by atoms with Crippen LogP contribution in [0.4, 0.5) is 5.69 Å². The predicted molar refractivity (Wildman–Crippen MR) is 83.0 cm³/mol. The minimum atomic E-state index is -0.673. The molecule has 0 saturated heterocycles. The quantitative estimate of drug-likeness (QED) is 0.458. The minimum Gasteiger partial charge on any atom is -0.462 e.